The Morgan fingerprint density at radius 3 is 2.50 bits per heavy atom. The second-order valence-corrected chi connectivity index (χ2v) is 7.66. The highest BCUT2D eigenvalue weighted by Gasteiger charge is 2.33. The van der Waals surface area contributed by atoms with Gasteiger partial charge in [0.05, 0.1) is 4.90 Å². The lowest BCUT2D eigenvalue weighted by atomic mass is 10.1. The molecule has 1 atom stereocenters. The van der Waals surface area contributed by atoms with Gasteiger partial charge in [-0.1, -0.05) is 35.9 Å². The van der Waals surface area contributed by atoms with E-state index in [2.05, 4.69) is 0 Å². The van der Waals surface area contributed by atoms with Crippen molar-refractivity contribution in [3.63, 3.8) is 0 Å². The first-order valence-electron chi connectivity index (χ1n) is 6.73. The van der Waals surface area contributed by atoms with Gasteiger partial charge < -0.3 is 0 Å². The second kappa shape index (κ2) is 5.87. The summed E-state index contributed by atoms with van der Waals surface area (Å²) in [6, 6.07) is 13.5. The summed E-state index contributed by atoms with van der Waals surface area (Å²) in [4.78, 5) is 13.3. The predicted molar refractivity (Wildman–Crippen MR) is 84.7 cm³/mol. The van der Waals surface area contributed by atoms with Gasteiger partial charge in [-0.25, -0.2) is 0 Å². The van der Waals surface area contributed by atoms with E-state index in [9.17, 15) is 13.2 Å². The van der Waals surface area contributed by atoms with Crippen molar-refractivity contribution in [3.05, 3.63) is 59.7 Å². The summed E-state index contributed by atoms with van der Waals surface area (Å²) in [5.41, 5.74) is 1.47. The van der Waals surface area contributed by atoms with Gasteiger partial charge in [0.25, 0.3) is 10.1 Å². The van der Waals surface area contributed by atoms with Crippen LogP contribution in [0.1, 0.15) is 15.9 Å². The highest BCUT2D eigenvalue weighted by molar-refractivity contribution is 7.99. The molecule has 0 bridgehead atoms. The molecule has 1 unspecified atom stereocenters. The molecule has 1 aliphatic heterocycles. The van der Waals surface area contributed by atoms with Gasteiger partial charge in [0.15, 0.2) is 5.78 Å². The predicted octanol–water partition coefficient (Wildman–Crippen LogP) is 3.06. The van der Waals surface area contributed by atoms with Crippen LogP contribution in [0.15, 0.2) is 58.3 Å². The Hall–Kier alpha value is -1.63. The van der Waals surface area contributed by atoms with Gasteiger partial charge in [0, 0.05) is 16.2 Å². The average molecular weight is 334 g/mol. The summed E-state index contributed by atoms with van der Waals surface area (Å²) >= 11 is 1.43. The Kier molecular flexibility index (Phi) is 4.08. The largest absolute Gasteiger partial charge is 0.297 e. The third-order valence-electron chi connectivity index (χ3n) is 3.39. The molecule has 22 heavy (non-hydrogen) atoms. The highest BCUT2D eigenvalue weighted by Crippen LogP contribution is 2.32. The normalized spacial score (nSPS) is 18.0. The molecule has 114 valence electrons. The van der Waals surface area contributed by atoms with Crippen LogP contribution in [0.4, 0.5) is 0 Å². The number of rotatable bonds is 3. The van der Waals surface area contributed by atoms with Crippen molar-refractivity contribution in [1.82, 2.24) is 0 Å². The van der Waals surface area contributed by atoms with Crippen molar-refractivity contribution in [2.24, 2.45) is 0 Å². The number of fused-ring (bicyclic) bond motifs is 1. The van der Waals surface area contributed by atoms with E-state index in [-0.39, 0.29) is 10.7 Å². The maximum atomic E-state index is 12.4. The number of aryl methyl sites for hydroxylation is 1. The van der Waals surface area contributed by atoms with Gasteiger partial charge in [-0.2, -0.15) is 8.42 Å². The second-order valence-electron chi connectivity index (χ2n) is 5.02. The number of hydrogen-bond donors (Lipinski definition) is 0. The number of carbonyl (C=O) groups is 1. The number of benzene rings is 2. The fourth-order valence-electron chi connectivity index (χ4n) is 2.20. The van der Waals surface area contributed by atoms with Crippen molar-refractivity contribution in [2.75, 3.05) is 5.75 Å². The summed E-state index contributed by atoms with van der Waals surface area (Å²) < 4.78 is 29.7. The SMILES string of the molecule is Cc1ccc(S(=O)(=O)OC2CSc3ccccc3C2=O)cc1. The molecular weight excluding hydrogens is 320 g/mol. The third kappa shape index (κ3) is 2.95. The van der Waals surface area contributed by atoms with E-state index >= 15 is 0 Å². The van der Waals surface area contributed by atoms with Crippen LogP contribution in [-0.4, -0.2) is 26.1 Å². The molecular formula is C16H14O4S2. The van der Waals surface area contributed by atoms with E-state index in [0.717, 1.165) is 10.5 Å². The highest BCUT2D eigenvalue weighted by atomic mass is 32.2. The van der Waals surface area contributed by atoms with Gasteiger partial charge in [0.1, 0.15) is 6.10 Å². The Morgan fingerprint density at radius 2 is 1.77 bits per heavy atom. The van der Waals surface area contributed by atoms with Crippen molar-refractivity contribution < 1.29 is 17.4 Å². The molecule has 0 saturated carbocycles. The molecule has 0 N–H and O–H groups in total. The quantitative estimate of drug-likeness (QED) is 0.807. The fourth-order valence-corrected chi connectivity index (χ4v) is 4.37. The van der Waals surface area contributed by atoms with Crippen LogP contribution in [0.3, 0.4) is 0 Å². The summed E-state index contributed by atoms with van der Waals surface area (Å²) in [6.07, 6.45) is -0.980. The Balaban J connectivity index is 1.85. The molecule has 0 spiro atoms. The topological polar surface area (TPSA) is 60.4 Å². The van der Waals surface area contributed by atoms with E-state index < -0.39 is 16.2 Å². The Bertz CT molecular complexity index is 810. The third-order valence-corrected chi connectivity index (χ3v) is 5.86. The molecule has 2 aromatic carbocycles. The monoisotopic (exact) mass is 334 g/mol. The maximum Gasteiger partial charge on any atom is 0.297 e. The van der Waals surface area contributed by atoms with Gasteiger partial charge >= 0.3 is 0 Å². The van der Waals surface area contributed by atoms with E-state index in [1.165, 1.54) is 23.9 Å². The van der Waals surface area contributed by atoms with Crippen molar-refractivity contribution in [1.29, 1.82) is 0 Å². The summed E-state index contributed by atoms with van der Waals surface area (Å²) in [7, 11) is -3.95. The summed E-state index contributed by atoms with van der Waals surface area (Å²) in [5.74, 6) is 0.00559. The minimum Gasteiger partial charge on any atom is -0.291 e. The molecule has 0 aliphatic carbocycles. The zero-order chi connectivity index (χ0) is 15.7. The molecule has 0 radical (unpaired) electrons. The number of thioether (sulfide) groups is 1. The van der Waals surface area contributed by atoms with Crippen LogP contribution in [0.25, 0.3) is 0 Å². The maximum absolute atomic E-state index is 12.4. The van der Waals surface area contributed by atoms with Crippen LogP contribution < -0.4 is 0 Å². The Morgan fingerprint density at radius 1 is 1.09 bits per heavy atom. The zero-order valence-corrected chi connectivity index (χ0v) is 13.5. The number of carbonyl (C=O) groups excluding carboxylic acids is 1. The minimum atomic E-state index is -3.95. The lowest BCUT2D eigenvalue weighted by Gasteiger charge is -2.22. The number of ketones is 1. The van der Waals surface area contributed by atoms with Crippen LogP contribution in [0.2, 0.25) is 0 Å². The smallest absolute Gasteiger partial charge is 0.291 e. The van der Waals surface area contributed by atoms with Crippen LogP contribution in [-0.2, 0) is 14.3 Å². The zero-order valence-electron chi connectivity index (χ0n) is 11.9. The molecule has 0 aromatic heterocycles. The number of Topliss-reactive ketones (excluding diaryl/α,β-unsaturated/α-hetero) is 1. The molecule has 0 fully saturated rings. The molecule has 1 aliphatic rings. The van der Waals surface area contributed by atoms with Gasteiger partial charge in [-0.15, -0.1) is 11.8 Å². The van der Waals surface area contributed by atoms with Crippen LogP contribution in [0.5, 0.6) is 0 Å². The standard InChI is InChI=1S/C16H14O4S2/c1-11-6-8-12(9-7-11)22(18,19)20-14-10-21-15-5-3-2-4-13(15)16(14)17/h2-9,14H,10H2,1H3. The van der Waals surface area contributed by atoms with Crippen LogP contribution >= 0.6 is 11.8 Å². The lowest BCUT2D eigenvalue weighted by molar-refractivity contribution is 0.0824. The van der Waals surface area contributed by atoms with Crippen molar-refractivity contribution in [2.45, 2.75) is 22.8 Å². The minimum absolute atomic E-state index is 0.0646. The molecule has 1 heterocycles. The van der Waals surface area contributed by atoms with E-state index in [1.54, 1.807) is 24.3 Å². The van der Waals surface area contributed by atoms with E-state index in [1.807, 2.05) is 19.1 Å². The molecule has 2 aromatic rings. The van der Waals surface area contributed by atoms with Gasteiger partial charge in [-0.05, 0) is 25.1 Å². The van der Waals surface area contributed by atoms with Crippen molar-refractivity contribution in [3.8, 4) is 0 Å². The molecule has 4 nitrogen and oxygen atoms in total. The first kappa shape index (κ1) is 15.3. The van der Waals surface area contributed by atoms with E-state index in [0.29, 0.717) is 11.3 Å². The molecule has 0 amide bonds. The number of hydrogen-bond acceptors (Lipinski definition) is 5. The fraction of sp³-hybridized carbons (Fsp3) is 0.188. The average Bonchev–Trinajstić information content (AvgIpc) is 2.51. The lowest BCUT2D eigenvalue weighted by Crippen LogP contribution is -2.32. The summed E-state index contributed by atoms with van der Waals surface area (Å²) in [6.45, 7) is 1.87. The molecule has 0 saturated heterocycles. The molecule has 3 rings (SSSR count). The van der Waals surface area contributed by atoms with E-state index in [4.69, 9.17) is 4.18 Å². The van der Waals surface area contributed by atoms with Crippen LogP contribution in [0, 0.1) is 6.92 Å². The first-order valence-corrected chi connectivity index (χ1v) is 9.13. The first-order chi connectivity index (χ1) is 10.5. The van der Waals surface area contributed by atoms with Crippen molar-refractivity contribution >= 4 is 27.7 Å². The van der Waals surface area contributed by atoms with Gasteiger partial charge in [0.2, 0.25) is 0 Å². The summed E-state index contributed by atoms with van der Waals surface area (Å²) in [5, 5.41) is 0. The van der Waals surface area contributed by atoms with Gasteiger partial charge in [-0.3, -0.25) is 8.98 Å². The Labute approximate surface area is 133 Å². The molecule has 6 heteroatoms.